The highest BCUT2D eigenvalue weighted by molar-refractivity contribution is 5.96. The Kier molecular flexibility index (Phi) is 4.58. The lowest BCUT2D eigenvalue weighted by Gasteiger charge is -2.35. The van der Waals surface area contributed by atoms with E-state index in [-0.39, 0.29) is 11.8 Å². The fourth-order valence-electron chi connectivity index (χ4n) is 4.51. The molecule has 1 amide bonds. The molecule has 0 saturated carbocycles. The van der Waals surface area contributed by atoms with Crippen molar-refractivity contribution in [2.24, 2.45) is 5.92 Å². The van der Waals surface area contributed by atoms with E-state index in [1.165, 1.54) is 16.8 Å². The summed E-state index contributed by atoms with van der Waals surface area (Å²) < 4.78 is 2.25. The summed E-state index contributed by atoms with van der Waals surface area (Å²) in [7, 11) is 0. The number of para-hydroxylation sites is 1. The predicted octanol–water partition coefficient (Wildman–Crippen LogP) is 4.00. The molecule has 5 nitrogen and oxygen atoms in total. The lowest BCUT2D eigenvalue weighted by molar-refractivity contribution is -0.123. The highest BCUT2D eigenvalue weighted by Crippen LogP contribution is 2.31. The molecule has 5 rings (SSSR count). The van der Waals surface area contributed by atoms with Gasteiger partial charge < -0.3 is 14.4 Å². The molecule has 0 unspecified atom stereocenters. The molecule has 148 valence electrons. The number of carbonyl (C=O) groups is 1. The Labute approximate surface area is 171 Å². The molecule has 0 spiro atoms. The van der Waals surface area contributed by atoms with E-state index in [9.17, 15) is 4.79 Å². The summed E-state index contributed by atoms with van der Waals surface area (Å²) in [4.78, 5) is 22.4. The number of pyridine rings is 1. The number of carbonyl (C=O) groups excluding carboxylic acids is 1. The van der Waals surface area contributed by atoms with Crippen LogP contribution in [0.2, 0.25) is 0 Å². The van der Waals surface area contributed by atoms with Gasteiger partial charge in [-0.25, -0.2) is 4.98 Å². The lowest BCUT2D eigenvalue weighted by Crippen LogP contribution is -2.42. The van der Waals surface area contributed by atoms with Gasteiger partial charge in [-0.05, 0) is 55.2 Å². The molecular weight excluding hydrogens is 360 g/mol. The second kappa shape index (κ2) is 7.39. The van der Waals surface area contributed by atoms with Gasteiger partial charge in [0.2, 0.25) is 5.91 Å². The zero-order valence-electron chi connectivity index (χ0n) is 16.8. The number of hydrogen-bond acceptors (Lipinski definition) is 3. The predicted molar refractivity (Wildman–Crippen MR) is 115 cm³/mol. The minimum Gasteiger partial charge on any atom is -0.357 e. The van der Waals surface area contributed by atoms with Crippen molar-refractivity contribution in [2.45, 2.75) is 32.9 Å². The molecule has 29 heavy (non-hydrogen) atoms. The fourth-order valence-corrected chi connectivity index (χ4v) is 4.51. The Balaban J connectivity index is 1.35. The Morgan fingerprint density at radius 3 is 2.62 bits per heavy atom. The highest BCUT2D eigenvalue weighted by Gasteiger charge is 2.32. The van der Waals surface area contributed by atoms with Gasteiger partial charge in [0, 0.05) is 49.3 Å². The van der Waals surface area contributed by atoms with Crippen molar-refractivity contribution in [2.75, 3.05) is 22.9 Å². The lowest BCUT2D eigenvalue weighted by atomic mass is 9.94. The van der Waals surface area contributed by atoms with Crippen LogP contribution in [0.5, 0.6) is 0 Å². The average Bonchev–Trinajstić information content (AvgIpc) is 3.13. The van der Waals surface area contributed by atoms with Gasteiger partial charge in [0.15, 0.2) is 0 Å². The van der Waals surface area contributed by atoms with Gasteiger partial charge in [0.05, 0.1) is 6.54 Å². The van der Waals surface area contributed by atoms with Crippen LogP contribution in [0.25, 0.3) is 0 Å². The quantitative estimate of drug-likeness (QED) is 0.668. The molecule has 1 fully saturated rings. The number of piperidine rings is 1. The molecule has 0 radical (unpaired) electrons. The fraction of sp³-hybridized carbons (Fsp3) is 0.333. The Morgan fingerprint density at radius 1 is 1.00 bits per heavy atom. The first-order valence-electron chi connectivity index (χ1n) is 10.4. The molecular formula is C24H26N4O. The van der Waals surface area contributed by atoms with Crippen molar-refractivity contribution >= 4 is 17.4 Å². The monoisotopic (exact) mass is 386 g/mol. The van der Waals surface area contributed by atoms with Gasteiger partial charge in [-0.2, -0.15) is 0 Å². The van der Waals surface area contributed by atoms with Gasteiger partial charge in [0.25, 0.3) is 0 Å². The van der Waals surface area contributed by atoms with Crippen LogP contribution in [0.15, 0.2) is 60.9 Å². The van der Waals surface area contributed by atoms with Crippen LogP contribution in [0.1, 0.15) is 29.7 Å². The molecule has 0 N–H and O–H groups in total. The maximum absolute atomic E-state index is 13.6. The molecule has 5 heteroatoms. The number of nitrogens with zero attached hydrogens (tertiary/aromatic N) is 4. The minimum absolute atomic E-state index is 0.0614. The first-order valence-corrected chi connectivity index (χ1v) is 10.4. The maximum atomic E-state index is 13.6. The number of anilines is 2. The van der Waals surface area contributed by atoms with Crippen LogP contribution in [0.4, 0.5) is 11.5 Å². The molecule has 1 aromatic carbocycles. The van der Waals surface area contributed by atoms with Crippen LogP contribution >= 0.6 is 0 Å². The van der Waals surface area contributed by atoms with Crippen LogP contribution in [-0.4, -0.2) is 28.5 Å². The summed E-state index contributed by atoms with van der Waals surface area (Å²) in [5.74, 6) is 1.33. The molecule has 2 aromatic heterocycles. The van der Waals surface area contributed by atoms with E-state index in [2.05, 4.69) is 70.0 Å². The second-order valence-corrected chi connectivity index (χ2v) is 8.14. The van der Waals surface area contributed by atoms with Crippen molar-refractivity contribution in [3.63, 3.8) is 0 Å². The van der Waals surface area contributed by atoms with Crippen LogP contribution in [0.3, 0.4) is 0 Å². The number of rotatable bonds is 2. The minimum atomic E-state index is 0.0614. The van der Waals surface area contributed by atoms with Gasteiger partial charge in [-0.3, -0.25) is 4.79 Å². The van der Waals surface area contributed by atoms with Gasteiger partial charge in [-0.1, -0.05) is 24.3 Å². The van der Waals surface area contributed by atoms with Crippen molar-refractivity contribution in [1.29, 1.82) is 0 Å². The van der Waals surface area contributed by atoms with Crippen LogP contribution in [-0.2, 0) is 17.9 Å². The first-order chi connectivity index (χ1) is 14.2. The molecule has 0 bridgehead atoms. The van der Waals surface area contributed by atoms with E-state index in [0.29, 0.717) is 6.54 Å². The molecule has 4 heterocycles. The molecule has 0 atom stereocenters. The van der Waals surface area contributed by atoms with Crippen molar-refractivity contribution < 1.29 is 4.79 Å². The molecule has 3 aromatic rings. The second-order valence-electron chi connectivity index (χ2n) is 8.14. The standard InChI is InChI=1S/C24H26N4O/c1-18-8-9-23(25-15-18)26-13-10-19(11-14-26)24(29)28-17-21-6-4-12-27(21)16-20-5-2-3-7-22(20)28/h2-9,12,15,19H,10-11,13-14,16-17H2,1H3. The van der Waals surface area contributed by atoms with E-state index in [1.807, 2.05) is 17.2 Å². The van der Waals surface area contributed by atoms with E-state index >= 15 is 0 Å². The molecule has 1 saturated heterocycles. The number of benzene rings is 1. The summed E-state index contributed by atoms with van der Waals surface area (Å²) >= 11 is 0. The van der Waals surface area contributed by atoms with Gasteiger partial charge >= 0.3 is 0 Å². The smallest absolute Gasteiger partial charge is 0.230 e. The Hall–Kier alpha value is -3.08. The van der Waals surface area contributed by atoms with E-state index in [0.717, 1.165) is 44.0 Å². The number of hydrogen-bond donors (Lipinski definition) is 0. The first kappa shape index (κ1) is 18.0. The number of amides is 1. The zero-order valence-corrected chi connectivity index (χ0v) is 16.8. The third kappa shape index (κ3) is 3.41. The van der Waals surface area contributed by atoms with Crippen LogP contribution < -0.4 is 9.80 Å². The Bertz CT molecular complexity index is 1020. The summed E-state index contributed by atoms with van der Waals surface area (Å²) in [5.41, 5.74) is 4.63. The summed E-state index contributed by atoms with van der Waals surface area (Å²) in [6.45, 7) is 5.26. The van der Waals surface area contributed by atoms with Gasteiger partial charge in [-0.15, -0.1) is 0 Å². The summed E-state index contributed by atoms with van der Waals surface area (Å²) in [6, 6.07) is 16.7. The molecule has 2 aliphatic rings. The largest absolute Gasteiger partial charge is 0.357 e. The van der Waals surface area contributed by atoms with E-state index < -0.39 is 0 Å². The number of aromatic nitrogens is 2. The van der Waals surface area contributed by atoms with E-state index in [4.69, 9.17) is 0 Å². The number of fused-ring (bicyclic) bond motifs is 2. The number of aryl methyl sites for hydroxylation is 1. The summed E-state index contributed by atoms with van der Waals surface area (Å²) in [6.07, 6.45) is 5.76. The molecule has 2 aliphatic heterocycles. The Morgan fingerprint density at radius 2 is 1.83 bits per heavy atom. The van der Waals surface area contributed by atoms with Crippen molar-refractivity contribution in [3.8, 4) is 0 Å². The maximum Gasteiger partial charge on any atom is 0.230 e. The van der Waals surface area contributed by atoms with Crippen molar-refractivity contribution in [1.82, 2.24) is 9.55 Å². The average molecular weight is 386 g/mol. The SMILES string of the molecule is Cc1ccc(N2CCC(C(=O)N3Cc4cccn4Cc4ccccc43)CC2)nc1. The van der Waals surface area contributed by atoms with Crippen molar-refractivity contribution in [3.05, 3.63) is 77.7 Å². The zero-order chi connectivity index (χ0) is 19.8. The highest BCUT2D eigenvalue weighted by atomic mass is 16.2. The normalized spacial score (nSPS) is 16.9. The topological polar surface area (TPSA) is 41.4 Å². The van der Waals surface area contributed by atoms with Crippen LogP contribution in [0, 0.1) is 12.8 Å². The third-order valence-corrected chi connectivity index (χ3v) is 6.20. The van der Waals surface area contributed by atoms with Gasteiger partial charge in [0.1, 0.15) is 5.82 Å². The molecule has 0 aliphatic carbocycles. The third-order valence-electron chi connectivity index (χ3n) is 6.20. The van der Waals surface area contributed by atoms with E-state index in [1.54, 1.807) is 0 Å². The summed E-state index contributed by atoms with van der Waals surface area (Å²) in [5, 5.41) is 0.